The molecule has 0 spiro atoms. The minimum atomic E-state index is -1.42. The summed E-state index contributed by atoms with van der Waals surface area (Å²) in [5.41, 5.74) is -0.655. The van der Waals surface area contributed by atoms with Crippen molar-refractivity contribution in [3.05, 3.63) is 29.6 Å². The van der Waals surface area contributed by atoms with Gasteiger partial charge >= 0.3 is 11.9 Å². The molecule has 6 nitrogen and oxygen atoms in total. The zero-order valence-corrected chi connectivity index (χ0v) is 10.6. The van der Waals surface area contributed by atoms with Gasteiger partial charge in [0.15, 0.2) is 5.82 Å². The molecular formula is C13H12FNO5. The molecule has 1 atom stereocenters. The van der Waals surface area contributed by atoms with Crippen molar-refractivity contribution in [1.82, 2.24) is 0 Å². The lowest BCUT2D eigenvalue weighted by molar-refractivity contribution is -0.145. The van der Waals surface area contributed by atoms with Crippen molar-refractivity contribution in [2.45, 2.75) is 6.42 Å². The Morgan fingerprint density at radius 3 is 2.75 bits per heavy atom. The van der Waals surface area contributed by atoms with Crippen molar-refractivity contribution in [3.8, 4) is 0 Å². The number of carbonyl (C=O) groups is 3. The standard InChI is InChI=1S/C13H12FNO5/c1-20-13(19)7-5-10(16)15(6-7)9-4-2-3-8(11(9)14)12(17)18/h2-4,7H,5-6H2,1H3,(H,17,18). The molecule has 1 aliphatic heterocycles. The minimum absolute atomic E-state index is 0.0223. The van der Waals surface area contributed by atoms with Crippen molar-refractivity contribution >= 4 is 23.5 Å². The maximum absolute atomic E-state index is 14.1. The number of rotatable bonds is 3. The van der Waals surface area contributed by atoms with E-state index in [1.165, 1.54) is 19.2 Å². The maximum atomic E-state index is 14.1. The normalized spacial score (nSPS) is 18.2. The maximum Gasteiger partial charge on any atom is 0.338 e. The fourth-order valence-electron chi connectivity index (χ4n) is 2.16. The number of anilines is 1. The first-order chi connectivity index (χ1) is 9.45. The lowest BCUT2D eigenvalue weighted by atomic mass is 10.1. The Balaban J connectivity index is 2.33. The van der Waals surface area contributed by atoms with Crippen LogP contribution in [0.3, 0.4) is 0 Å². The molecule has 0 aliphatic carbocycles. The smallest absolute Gasteiger partial charge is 0.338 e. The summed E-state index contributed by atoms with van der Waals surface area (Å²) in [5, 5.41) is 8.86. The van der Waals surface area contributed by atoms with E-state index >= 15 is 0 Å². The number of halogens is 1. The largest absolute Gasteiger partial charge is 0.478 e. The molecule has 1 saturated heterocycles. The molecule has 0 bridgehead atoms. The Kier molecular flexibility index (Phi) is 3.69. The van der Waals surface area contributed by atoms with Crippen LogP contribution >= 0.6 is 0 Å². The minimum Gasteiger partial charge on any atom is -0.478 e. The third-order valence-corrected chi connectivity index (χ3v) is 3.16. The molecule has 1 amide bonds. The van der Waals surface area contributed by atoms with Gasteiger partial charge in [-0.25, -0.2) is 9.18 Å². The summed E-state index contributed by atoms with van der Waals surface area (Å²) in [6.07, 6.45) is -0.0799. The lowest BCUT2D eigenvalue weighted by Crippen LogP contribution is -2.27. The molecule has 1 aliphatic rings. The third-order valence-electron chi connectivity index (χ3n) is 3.16. The van der Waals surface area contributed by atoms with E-state index in [0.717, 1.165) is 11.0 Å². The zero-order valence-electron chi connectivity index (χ0n) is 10.6. The summed E-state index contributed by atoms with van der Waals surface area (Å²) in [7, 11) is 1.21. The van der Waals surface area contributed by atoms with Crippen LogP contribution in [0.25, 0.3) is 0 Å². The van der Waals surface area contributed by atoms with Crippen LogP contribution in [0.15, 0.2) is 18.2 Å². The van der Waals surface area contributed by atoms with Crippen LogP contribution in [0.5, 0.6) is 0 Å². The van der Waals surface area contributed by atoms with Crippen LogP contribution in [-0.2, 0) is 14.3 Å². The first kappa shape index (κ1) is 14.0. The number of carbonyl (C=O) groups excluding carboxylic acids is 2. The summed E-state index contributed by atoms with van der Waals surface area (Å²) in [4.78, 5) is 35.2. The van der Waals surface area contributed by atoms with Crippen molar-refractivity contribution < 1.29 is 28.6 Å². The number of hydrogen-bond donors (Lipinski definition) is 1. The molecule has 7 heteroatoms. The monoisotopic (exact) mass is 281 g/mol. The number of nitrogens with zero attached hydrogens (tertiary/aromatic N) is 1. The fourth-order valence-corrected chi connectivity index (χ4v) is 2.16. The number of ether oxygens (including phenoxy) is 1. The van der Waals surface area contributed by atoms with Gasteiger partial charge in [0.1, 0.15) is 0 Å². The molecular weight excluding hydrogens is 269 g/mol. The summed E-state index contributed by atoms with van der Waals surface area (Å²) >= 11 is 0. The number of benzene rings is 1. The van der Waals surface area contributed by atoms with Gasteiger partial charge in [-0.05, 0) is 12.1 Å². The van der Waals surface area contributed by atoms with E-state index in [0.29, 0.717) is 0 Å². The highest BCUT2D eigenvalue weighted by Gasteiger charge is 2.37. The molecule has 2 rings (SSSR count). The van der Waals surface area contributed by atoms with E-state index in [4.69, 9.17) is 5.11 Å². The predicted molar refractivity (Wildman–Crippen MR) is 65.8 cm³/mol. The van der Waals surface area contributed by atoms with Crippen LogP contribution in [-0.4, -0.2) is 36.6 Å². The second kappa shape index (κ2) is 5.28. The van der Waals surface area contributed by atoms with Gasteiger partial charge < -0.3 is 14.7 Å². The summed E-state index contributed by atoms with van der Waals surface area (Å²) in [6, 6.07) is 3.76. The summed E-state index contributed by atoms with van der Waals surface area (Å²) in [5.74, 6) is -4.06. The number of carboxylic acids is 1. The van der Waals surface area contributed by atoms with E-state index in [-0.39, 0.29) is 18.7 Å². The highest BCUT2D eigenvalue weighted by Crippen LogP contribution is 2.29. The molecule has 1 aromatic carbocycles. The fraction of sp³-hybridized carbons (Fsp3) is 0.308. The van der Waals surface area contributed by atoms with Gasteiger partial charge in [0.25, 0.3) is 0 Å². The van der Waals surface area contributed by atoms with Crippen molar-refractivity contribution in [1.29, 1.82) is 0 Å². The van der Waals surface area contributed by atoms with Crippen LogP contribution in [0.1, 0.15) is 16.8 Å². The zero-order chi connectivity index (χ0) is 14.9. The average Bonchev–Trinajstić information content (AvgIpc) is 2.79. The number of esters is 1. The van der Waals surface area contributed by atoms with Gasteiger partial charge in [-0.3, -0.25) is 9.59 Å². The number of carboxylic acid groups (broad SMARTS) is 1. The molecule has 0 radical (unpaired) electrons. The van der Waals surface area contributed by atoms with Crippen molar-refractivity contribution in [3.63, 3.8) is 0 Å². The Hall–Kier alpha value is -2.44. The second-order valence-electron chi connectivity index (χ2n) is 4.37. The predicted octanol–water partition coefficient (Wildman–Crippen LogP) is 1.05. The Morgan fingerprint density at radius 1 is 1.45 bits per heavy atom. The van der Waals surface area contributed by atoms with Gasteiger partial charge in [-0.2, -0.15) is 0 Å². The molecule has 0 saturated carbocycles. The average molecular weight is 281 g/mol. The van der Waals surface area contributed by atoms with E-state index in [2.05, 4.69) is 4.74 Å². The lowest BCUT2D eigenvalue weighted by Gasteiger charge is -2.17. The van der Waals surface area contributed by atoms with Gasteiger partial charge in [-0.15, -0.1) is 0 Å². The van der Waals surface area contributed by atoms with Crippen LogP contribution in [0, 0.1) is 11.7 Å². The topological polar surface area (TPSA) is 83.9 Å². The first-order valence-electron chi connectivity index (χ1n) is 5.85. The Labute approximate surface area is 113 Å². The Morgan fingerprint density at radius 2 is 2.15 bits per heavy atom. The summed E-state index contributed by atoms with van der Waals surface area (Å²) in [6.45, 7) is -0.0223. The number of hydrogen-bond acceptors (Lipinski definition) is 4. The van der Waals surface area contributed by atoms with E-state index in [9.17, 15) is 18.8 Å². The molecule has 1 heterocycles. The number of methoxy groups -OCH3 is 1. The first-order valence-corrected chi connectivity index (χ1v) is 5.85. The third kappa shape index (κ3) is 2.34. The second-order valence-corrected chi connectivity index (χ2v) is 4.37. The molecule has 106 valence electrons. The molecule has 1 fully saturated rings. The molecule has 1 unspecified atom stereocenters. The SMILES string of the molecule is COC(=O)C1CC(=O)N(c2cccc(C(=O)O)c2F)C1. The molecule has 20 heavy (non-hydrogen) atoms. The van der Waals surface area contributed by atoms with Crippen LogP contribution < -0.4 is 4.90 Å². The van der Waals surface area contributed by atoms with E-state index < -0.39 is 35.1 Å². The quantitative estimate of drug-likeness (QED) is 0.837. The van der Waals surface area contributed by atoms with E-state index in [1.54, 1.807) is 0 Å². The number of aromatic carboxylic acids is 1. The van der Waals surface area contributed by atoms with Gasteiger partial charge in [0.2, 0.25) is 5.91 Å². The van der Waals surface area contributed by atoms with Gasteiger partial charge in [-0.1, -0.05) is 6.07 Å². The molecule has 0 aromatic heterocycles. The van der Waals surface area contributed by atoms with Gasteiger partial charge in [0, 0.05) is 13.0 Å². The van der Waals surface area contributed by atoms with Crippen molar-refractivity contribution in [2.24, 2.45) is 5.92 Å². The Bertz CT molecular complexity index is 586. The van der Waals surface area contributed by atoms with Crippen molar-refractivity contribution in [2.75, 3.05) is 18.6 Å². The van der Waals surface area contributed by atoms with Gasteiger partial charge in [0.05, 0.1) is 24.3 Å². The highest BCUT2D eigenvalue weighted by molar-refractivity contribution is 6.00. The number of amides is 1. The highest BCUT2D eigenvalue weighted by atomic mass is 19.1. The molecule has 1 N–H and O–H groups in total. The van der Waals surface area contributed by atoms with E-state index in [1.807, 2.05) is 0 Å². The molecule has 1 aromatic rings. The van der Waals surface area contributed by atoms with Crippen LogP contribution in [0.4, 0.5) is 10.1 Å². The summed E-state index contributed by atoms with van der Waals surface area (Å²) < 4.78 is 18.6. The van der Waals surface area contributed by atoms with Crippen LogP contribution in [0.2, 0.25) is 0 Å².